The van der Waals surface area contributed by atoms with Crippen LogP contribution >= 0.6 is 0 Å². The minimum atomic E-state index is 0.00847. The van der Waals surface area contributed by atoms with Crippen molar-refractivity contribution in [1.29, 1.82) is 0 Å². The summed E-state index contributed by atoms with van der Waals surface area (Å²) in [6.45, 7) is 2.90. The molecule has 1 N–H and O–H groups in total. The standard InChI is InChI=1S/C13H16N4O/c1-3-17-13(10-6-15-9-16-7-10)11-4-5-14-8-12(11)18-2/h4-9,13,17H,3H2,1-2H3. The van der Waals surface area contributed by atoms with Crippen LogP contribution in [0.5, 0.6) is 5.75 Å². The molecule has 1 atom stereocenters. The first-order valence-electron chi connectivity index (χ1n) is 5.83. The van der Waals surface area contributed by atoms with Crippen LogP contribution in [-0.2, 0) is 0 Å². The van der Waals surface area contributed by atoms with Crippen molar-refractivity contribution in [2.45, 2.75) is 13.0 Å². The third-order valence-corrected chi connectivity index (χ3v) is 2.67. The monoisotopic (exact) mass is 244 g/mol. The van der Waals surface area contributed by atoms with Crippen LogP contribution in [0.1, 0.15) is 24.1 Å². The predicted molar refractivity (Wildman–Crippen MR) is 68.3 cm³/mol. The van der Waals surface area contributed by atoms with E-state index in [1.54, 1.807) is 31.9 Å². The van der Waals surface area contributed by atoms with E-state index in [0.29, 0.717) is 0 Å². The van der Waals surface area contributed by atoms with E-state index in [9.17, 15) is 0 Å². The van der Waals surface area contributed by atoms with E-state index in [1.807, 2.05) is 6.07 Å². The third kappa shape index (κ3) is 2.62. The Balaban J connectivity index is 2.41. The topological polar surface area (TPSA) is 59.9 Å². The fourth-order valence-electron chi connectivity index (χ4n) is 1.87. The van der Waals surface area contributed by atoms with Gasteiger partial charge in [0.2, 0.25) is 0 Å². The molecule has 1 unspecified atom stereocenters. The number of pyridine rings is 1. The van der Waals surface area contributed by atoms with E-state index in [-0.39, 0.29) is 6.04 Å². The normalized spacial score (nSPS) is 12.1. The summed E-state index contributed by atoms with van der Waals surface area (Å²) in [6.07, 6.45) is 8.60. The molecule has 18 heavy (non-hydrogen) atoms. The zero-order valence-electron chi connectivity index (χ0n) is 10.5. The Morgan fingerprint density at radius 2 is 2.00 bits per heavy atom. The van der Waals surface area contributed by atoms with Crippen molar-refractivity contribution in [2.75, 3.05) is 13.7 Å². The number of ether oxygens (including phenoxy) is 1. The molecule has 0 aliphatic rings. The van der Waals surface area contributed by atoms with E-state index >= 15 is 0 Å². The van der Waals surface area contributed by atoms with Crippen molar-refractivity contribution in [3.63, 3.8) is 0 Å². The van der Waals surface area contributed by atoms with Gasteiger partial charge in [-0.15, -0.1) is 0 Å². The Morgan fingerprint density at radius 3 is 2.67 bits per heavy atom. The highest BCUT2D eigenvalue weighted by Gasteiger charge is 2.17. The second kappa shape index (κ2) is 6.07. The highest BCUT2D eigenvalue weighted by atomic mass is 16.5. The summed E-state index contributed by atoms with van der Waals surface area (Å²) in [5.41, 5.74) is 2.04. The summed E-state index contributed by atoms with van der Waals surface area (Å²) in [5.74, 6) is 0.757. The van der Waals surface area contributed by atoms with Crippen LogP contribution in [0.15, 0.2) is 37.2 Å². The Labute approximate surface area is 106 Å². The maximum Gasteiger partial charge on any atom is 0.142 e. The van der Waals surface area contributed by atoms with Crippen LogP contribution in [0.4, 0.5) is 0 Å². The van der Waals surface area contributed by atoms with Gasteiger partial charge in [-0.1, -0.05) is 6.92 Å². The zero-order valence-corrected chi connectivity index (χ0v) is 10.5. The summed E-state index contributed by atoms with van der Waals surface area (Å²) >= 11 is 0. The SMILES string of the molecule is CCNC(c1cncnc1)c1ccncc1OC. The zero-order chi connectivity index (χ0) is 12.8. The van der Waals surface area contributed by atoms with Crippen LogP contribution in [0.3, 0.4) is 0 Å². The molecule has 2 heterocycles. The molecular formula is C13H16N4O. The van der Waals surface area contributed by atoms with E-state index in [2.05, 4.69) is 27.2 Å². The average Bonchev–Trinajstić information content (AvgIpc) is 2.46. The van der Waals surface area contributed by atoms with Crippen LogP contribution < -0.4 is 10.1 Å². The molecule has 0 radical (unpaired) electrons. The Hall–Kier alpha value is -2.01. The molecule has 0 bridgehead atoms. The van der Waals surface area contributed by atoms with Gasteiger partial charge in [0.05, 0.1) is 19.3 Å². The summed E-state index contributed by atoms with van der Waals surface area (Å²) in [4.78, 5) is 12.2. The van der Waals surface area contributed by atoms with Gasteiger partial charge in [-0.05, 0) is 12.6 Å². The Bertz CT molecular complexity index is 489. The molecule has 2 rings (SSSR count). The highest BCUT2D eigenvalue weighted by Crippen LogP contribution is 2.28. The molecule has 2 aromatic heterocycles. The molecule has 0 fully saturated rings. The Morgan fingerprint density at radius 1 is 1.22 bits per heavy atom. The first kappa shape index (κ1) is 12.4. The molecule has 2 aromatic rings. The molecule has 0 aliphatic heterocycles. The van der Waals surface area contributed by atoms with Crippen molar-refractivity contribution >= 4 is 0 Å². The minimum Gasteiger partial charge on any atom is -0.495 e. The predicted octanol–water partition coefficient (Wildman–Crippen LogP) is 1.58. The van der Waals surface area contributed by atoms with E-state index in [4.69, 9.17) is 4.74 Å². The van der Waals surface area contributed by atoms with Crippen LogP contribution in [0.2, 0.25) is 0 Å². The summed E-state index contributed by atoms with van der Waals surface area (Å²) in [6, 6.07) is 1.95. The van der Waals surface area contributed by atoms with Gasteiger partial charge in [0.15, 0.2) is 0 Å². The molecular weight excluding hydrogens is 228 g/mol. The maximum absolute atomic E-state index is 5.35. The maximum atomic E-state index is 5.35. The molecule has 0 saturated heterocycles. The second-order valence-electron chi connectivity index (χ2n) is 3.78. The number of methoxy groups -OCH3 is 1. The minimum absolute atomic E-state index is 0.00847. The lowest BCUT2D eigenvalue weighted by atomic mass is 10.0. The first-order chi connectivity index (χ1) is 8.86. The smallest absolute Gasteiger partial charge is 0.142 e. The van der Waals surface area contributed by atoms with E-state index in [1.165, 1.54) is 6.33 Å². The van der Waals surface area contributed by atoms with E-state index < -0.39 is 0 Å². The van der Waals surface area contributed by atoms with Crippen molar-refractivity contribution in [2.24, 2.45) is 0 Å². The fourth-order valence-corrected chi connectivity index (χ4v) is 1.87. The molecule has 0 aliphatic carbocycles. The van der Waals surface area contributed by atoms with Crippen LogP contribution in [0, 0.1) is 0 Å². The van der Waals surface area contributed by atoms with Gasteiger partial charge >= 0.3 is 0 Å². The molecule has 0 aromatic carbocycles. The first-order valence-corrected chi connectivity index (χ1v) is 5.83. The van der Waals surface area contributed by atoms with Gasteiger partial charge in [0.25, 0.3) is 0 Å². The van der Waals surface area contributed by atoms with Gasteiger partial charge in [-0.2, -0.15) is 0 Å². The molecule has 5 nitrogen and oxygen atoms in total. The fraction of sp³-hybridized carbons (Fsp3) is 0.308. The largest absolute Gasteiger partial charge is 0.495 e. The van der Waals surface area contributed by atoms with Gasteiger partial charge in [0.1, 0.15) is 12.1 Å². The van der Waals surface area contributed by atoms with Crippen molar-refractivity contribution in [3.05, 3.63) is 48.3 Å². The highest BCUT2D eigenvalue weighted by molar-refractivity contribution is 5.38. The Kier molecular flexibility index (Phi) is 4.20. The van der Waals surface area contributed by atoms with Crippen molar-refractivity contribution in [3.8, 4) is 5.75 Å². The summed E-state index contributed by atoms with van der Waals surface area (Å²) in [5, 5.41) is 3.40. The molecule has 0 spiro atoms. The van der Waals surface area contributed by atoms with Crippen LogP contribution in [0.25, 0.3) is 0 Å². The van der Waals surface area contributed by atoms with Gasteiger partial charge in [-0.3, -0.25) is 4.98 Å². The number of hydrogen-bond donors (Lipinski definition) is 1. The lowest BCUT2D eigenvalue weighted by Gasteiger charge is -2.20. The lowest BCUT2D eigenvalue weighted by Crippen LogP contribution is -2.22. The van der Waals surface area contributed by atoms with Gasteiger partial charge in [-0.25, -0.2) is 9.97 Å². The van der Waals surface area contributed by atoms with Gasteiger partial charge < -0.3 is 10.1 Å². The molecule has 0 saturated carbocycles. The van der Waals surface area contributed by atoms with Gasteiger partial charge in [0, 0.05) is 29.7 Å². The average molecular weight is 244 g/mol. The molecule has 0 amide bonds. The molecule has 94 valence electrons. The van der Waals surface area contributed by atoms with Crippen molar-refractivity contribution < 1.29 is 4.74 Å². The number of nitrogens with zero attached hydrogens (tertiary/aromatic N) is 3. The van der Waals surface area contributed by atoms with E-state index in [0.717, 1.165) is 23.4 Å². The summed E-state index contributed by atoms with van der Waals surface area (Å²) < 4.78 is 5.35. The van der Waals surface area contributed by atoms with Crippen molar-refractivity contribution in [1.82, 2.24) is 20.3 Å². The number of rotatable bonds is 5. The number of nitrogens with one attached hydrogen (secondary N) is 1. The summed E-state index contributed by atoms with van der Waals surface area (Å²) in [7, 11) is 1.64. The quantitative estimate of drug-likeness (QED) is 0.865. The number of hydrogen-bond acceptors (Lipinski definition) is 5. The van der Waals surface area contributed by atoms with Crippen LogP contribution in [-0.4, -0.2) is 28.6 Å². The molecule has 5 heteroatoms. The number of aromatic nitrogens is 3. The second-order valence-corrected chi connectivity index (χ2v) is 3.78. The third-order valence-electron chi connectivity index (χ3n) is 2.67. The lowest BCUT2D eigenvalue weighted by molar-refractivity contribution is 0.402.